The zero-order valence-electron chi connectivity index (χ0n) is 16.8. The highest BCUT2D eigenvalue weighted by Gasteiger charge is 2.35. The fourth-order valence-electron chi connectivity index (χ4n) is 3.11. The van der Waals surface area contributed by atoms with E-state index in [0.717, 1.165) is 19.3 Å². The summed E-state index contributed by atoms with van der Waals surface area (Å²) in [6.07, 6.45) is 18.0. The van der Waals surface area contributed by atoms with Gasteiger partial charge in [-0.2, -0.15) is 0 Å². The Balaban J connectivity index is 1.85. The lowest BCUT2D eigenvalue weighted by Gasteiger charge is -2.34. The minimum atomic E-state index is 0.155. The number of furan rings is 1. The van der Waals surface area contributed by atoms with E-state index < -0.39 is 0 Å². The van der Waals surface area contributed by atoms with Crippen LogP contribution in [0, 0.1) is 0 Å². The summed E-state index contributed by atoms with van der Waals surface area (Å²) in [4.78, 5) is 0. The first-order valence-corrected chi connectivity index (χ1v) is 11.7. The van der Waals surface area contributed by atoms with Crippen LogP contribution in [0.3, 0.4) is 0 Å². The minimum Gasteiger partial charge on any atom is -0.472 e. The molecule has 0 aliphatic carbocycles. The Kier molecular flexibility index (Phi) is 9.21. The zero-order valence-corrected chi connectivity index (χ0v) is 18.5. The first-order chi connectivity index (χ1) is 12.5. The third-order valence-corrected chi connectivity index (χ3v) is 8.19. The smallest absolute Gasteiger partial charge is 0.0957 e. The van der Waals surface area contributed by atoms with Crippen LogP contribution in [0.25, 0.3) is 0 Å². The lowest BCUT2D eigenvalue weighted by atomic mass is 10.0. The molecule has 26 heavy (non-hydrogen) atoms. The quantitative estimate of drug-likeness (QED) is 0.395. The van der Waals surface area contributed by atoms with Crippen LogP contribution in [0.4, 0.5) is 0 Å². The molecule has 0 radical (unpaired) electrons. The van der Waals surface area contributed by atoms with Gasteiger partial charge in [0.25, 0.3) is 0 Å². The summed E-state index contributed by atoms with van der Waals surface area (Å²) < 4.78 is 5.53. The van der Waals surface area contributed by atoms with Crippen LogP contribution in [0.5, 0.6) is 0 Å². The van der Waals surface area contributed by atoms with Gasteiger partial charge in [-0.25, -0.2) is 0 Å². The SMILES string of the molecule is CC(C)=CCC/C(C)=C/CC/C(C)=C/CC1(c2ccoc2)SCCCS1. The summed E-state index contributed by atoms with van der Waals surface area (Å²) in [6.45, 7) is 8.90. The highest BCUT2D eigenvalue weighted by molar-refractivity contribution is 8.18. The van der Waals surface area contributed by atoms with Gasteiger partial charge in [0.2, 0.25) is 0 Å². The van der Waals surface area contributed by atoms with Crippen molar-refractivity contribution in [2.24, 2.45) is 0 Å². The van der Waals surface area contributed by atoms with Crippen molar-refractivity contribution < 1.29 is 4.42 Å². The lowest BCUT2D eigenvalue weighted by Crippen LogP contribution is -2.21. The van der Waals surface area contributed by atoms with Crippen molar-refractivity contribution in [2.45, 2.75) is 70.3 Å². The average Bonchev–Trinajstić information content (AvgIpc) is 3.16. The molecule has 3 heteroatoms. The molecular formula is C23H34OS2. The zero-order chi connectivity index (χ0) is 18.8. The van der Waals surface area contributed by atoms with E-state index in [4.69, 9.17) is 4.42 Å². The molecule has 0 unspecified atom stereocenters. The summed E-state index contributed by atoms with van der Waals surface area (Å²) in [5.74, 6) is 2.50. The van der Waals surface area contributed by atoms with Gasteiger partial charge in [0.05, 0.1) is 16.6 Å². The molecule has 1 saturated heterocycles. The van der Waals surface area contributed by atoms with Gasteiger partial charge in [0, 0.05) is 5.56 Å². The summed E-state index contributed by atoms with van der Waals surface area (Å²) in [5.41, 5.74) is 5.78. The minimum absolute atomic E-state index is 0.155. The second-order valence-corrected chi connectivity index (χ2v) is 10.5. The van der Waals surface area contributed by atoms with E-state index in [9.17, 15) is 0 Å². The van der Waals surface area contributed by atoms with Crippen LogP contribution in [-0.4, -0.2) is 11.5 Å². The monoisotopic (exact) mass is 390 g/mol. The molecule has 1 aliphatic rings. The van der Waals surface area contributed by atoms with Crippen molar-refractivity contribution in [3.8, 4) is 0 Å². The second kappa shape index (κ2) is 11.1. The number of thioether (sulfide) groups is 2. The molecule has 144 valence electrons. The Morgan fingerprint density at radius 3 is 2.27 bits per heavy atom. The highest BCUT2D eigenvalue weighted by Crippen LogP contribution is 2.53. The molecule has 0 aromatic carbocycles. The van der Waals surface area contributed by atoms with Gasteiger partial charge in [0.15, 0.2) is 0 Å². The van der Waals surface area contributed by atoms with Gasteiger partial charge in [-0.1, -0.05) is 34.9 Å². The highest BCUT2D eigenvalue weighted by atomic mass is 32.2. The summed E-state index contributed by atoms with van der Waals surface area (Å²) in [5, 5.41) is 0. The molecule has 1 aromatic heterocycles. The maximum atomic E-state index is 5.38. The van der Waals surface area contributed by atoms with E-state index in [2.05, 4.69) is 75.5 Å². The Bertz CT molecular complexity index is 613. The Morgan fingerprint density at radius 1 is 1.00 bits per heavy atom. The van der Waals surface area contributed by atoms with E-state index in [1.807, 2.05) is 12.5 Å². The first kappa shape index (κ1) is 21.5. The lowest BCUT2D eigenvalue weighted by molar-refractivity contribution is 0.562. The van der Waals surface area contributed by atoms with Gasteiger partial charge in [-0.15, -0.1) is 23.5 Å². The average molecular weight is 391 g/mol. The van der Waals surface area contributed by atoms with Gasteiger partial charge >= 0.3 is 0 Å². The van der Waals surface area contributed by atoms with Crippen molar-refractivity contribution >= 4 is 23.5 Å². The van der Waals surface area contributed by atoms with E-state index in [0.29, 0.717) is 0 Å². The Morgan fingerprint density at radius 2 is 1.65 bits per heavy atom. The molecule has 0 spiro atoms. The molecule has 2 rings (SSSR count). The molecule has 1 aliphatic heterocycles. The normalized spacial score (nSPS) is 18.0. The summed E-state index contributed by atoms with van der Waals surface area (Å²) >= 11 is 4.18. The van der Waals surface area contributed by atoms with Crippen LogP contribution in [-0.2, 0) is 4.08 Å². The van der Waals surface area contributed by atoms with E-state index in [1.165, 1.54) is 53.1 Å². The van der Waals surface area contributed by atoms with Crippen LogP contribution in [0.15, 0.2) is 58.0 Å². The maximum absolute atomic E-state index is 5.38. The fourth-order valence-corrected chi connectivity index (χ4v) is 6.33. The topological polar surface area (TPSA) is 13.1 Å². The number of hydrogen-bond donors (Lipinski definition) is 0. The van der Waals surface area contributed by atoms with Crippen LogP contribution in [0.2, 0.25) is 0 Å². The van der Waals surface area contributed by atoms with Crippen molar-refractivity contribution in [1.82, 2.24) is 0 Å². The second-order valence-electron chi connectivity index (χ2n) is 7.48. The molecule has 1 aromatic rings. The van der Waals surface area contributed by atoms with E-state index in [-0.39, 0.29) is 4.08 Å². The van der Waals surface area contributed by atoms with Crippen molar-refractivity contribution in [1.29, 1.82) is 0 Å². The molecular weight excluding hydrogens is 356 g/mol. The Labute approximate surface area is 168 Å². The van der Waals surface area contributed by atoms with E-state index >= 15 is 0 Å². The fraction of sp³-hybridized carbons (Fsp3) is 0.565. The Hall–Kier alpha value is -0.800. The number of allylic oxidation sites excluding steroid dienone is 6. The van der Waals surface area contributed by atoms with Crippen LogP contribution < -0.4 is 0 Å². The third kappa shape index (κ3) is 7.08. The van der Waals surface area contributed by atoms with Crippen LogP contribution >= 0.6 is 23.5 Å². The summed E-state index contributed by atoms with van der Waals surface area (Å²) in [7, 11) is 0. The first-order valence-electron chi connectivity index (χ1n) is 9.77. The van der Waals surface area contributed by atoms with Gasteiger partial charge in [-0.05, 0) is 83.8 Å². The molecule has 1 fully saturated rings. The van der Waals surface area contributed by atoms with Gasteiger partial charge < -0.3 is 4.42 Å². The standard InChI is InChI=1S/C23H34OS2/c1-19(2)8-5-9-20(3)10-6-11-21(4)12-14-23(22-13-15-24-18-22)25-16-7-17-26-23/h8,10,12-13,15,18H,5-7,9,11,14,16-17H2,1-4H3/b20-10+,21-12+. The van der Waals surface area contributed by atoms with Gasteiger partial charge in [0.1, 0.15) is 0 Å². The number of rotatable bonds is 9. The van der Waals surface area contributed by atoms with Crippen molar-refractivity contribution in [2.75, 3.05) is 11.5 Å². The molecule has 0 N–H and O–H groups in total. The number of hydrogen-bond acceptors (Lipinski definition) is 3. The predicted molar refractivity (Wildman–Crippen MR) is 120 cm³/mol. The van der Waals surface area contributed by atoms with Crippen molar-refractivity contribution in [3.05, 3.63) is 59.1 Å². The van der Waals surface area contributed by atoms with Gasteiger partial charge in [-0.3, -0.25) is 0 Å². The molecule has 0 bridgehead atoms. The third-order valence-electron chi connectivity index (χ3n) is 4.76. The molecule has 0 atom stereocenters. The van der Waals surface area contributed by atoms with E-state index in [1.54, 1.807) is 0 Å². The molecule has 2 heterocycles. The predicted octanol–water partition coefficient (Wildman–Crippen LogP) is 8.11. The van der Waals surface area contributed by atoms with Crippen LogP contribution in [0.1, 0.15) is 71.8 Å². The molecule has 0 amide bonds. The molecule has 1 nitrogen and oxygen atoms in total. The van der Waals surface area contributed by atoms with Crippen molar-refractivity contribution in [3.63, 3.8) is 0 Å². The largest absolute Gasteiger partial charge is 0.472 e. The summed E-state index contributed by atoms with van der Waals surface area (Å²) in [6, 6.07) is 2.15. The maximum Gasteiger partial charge on any atom is 0.0957 e. The molecule has 0 saturated carbocycles.